The highest BCUT2D eigenvalue weighted by Crippen LogP contribution is 2.40. The number of methoxy groups -OCH3 is 1. The van der Waals surface area contributed by atoms with Crippen molar-refractivity contribution in [3.63, 3.8) is 0 Å². The first kappa shape index (κ1) is 10.3. The summed E-state index contributed by atoms with van der Waals surface area (Å²) < 4.78 is 41.4. The lowest BCUT2D eigenvalue weighted by atomic mass is 9.93. The maximum Gasteiger partial charge on any atom is 0.420 e. The van der Waals surface area contributed by atoms with Crippen LogP contribution in [0.5, 0.6) is 0 Å². The molecule has 1 fully saturated rings. The van der Waals surface area contributed by atoms with Crippen LogP contribution < -0.4 is 0 Å². The second kappa shape index (κ2) is 2.87. The van der Waals surface area contributed by atoms with Crippen LogP contribution in [0.1, 0.15) is 6.92 Å². The molecule has 0 aromatic heterocycles. The molecule has 0 N–H and O–H groups in total. The Morgan fingerprint density at radius 2 is 1.92 bits per heavy atom. The quantitative estimate of drug-likeness (QED) is 0.622. The van der Waals surface area contributed by atoms with E-state index in [0.717, 1.165) is 12.0 Å². The van der Waals surface area contributed by atoms with Crippen molar-refractivity contribution in [2.45, 2.75) is 18.7 Å². The minimum absolute atomic E-state index is 0.364. The van der Waals surface area contributed by atoms with Crippen LogP contribution in [0.15, 0.2) is 0 Å². The van der Waals surface area contributed by atoms with Crippen molar-refractivity contribution >= 4 is 5.91 Å². The van der Waals surface area contributed by atoms with Crippen molar-refractivity contribution in [1.82, 2.24) is 4.90 Å². The van der Waals surface area contributed by atoms with Crippen LogP contribution in [-0.2, 0) is 9.53 Å². The van der Waals surface area contributed by atoms with E-state index in [1.165, 1.54) is 6.92 Å². The number of likely N-dealkylation sites (tertiary alicyclic amines) is 1. The molecule has 0 aromatic rings. The SMILES string of the molecule is COC1(C(F)(F)F)CN(C(C)=O)C1. The summed E-state index contributed by atoms with van der Waals surface area (Å²) in [5.41, 5.74) is -2.14. The van der Waals surface area contributed by atoms with Crippen LogP contribution in [0, 0.1) is 0 Å². The fraction of sp³-hybridized carbons (Fsp3) is 0.857. The number of nitrogens with zero attached hydrogens (tertiary/aromatic N) is 1. The van der Waals surface area contributed by atoms with Crippen LogP contribution in [0.2, 0.25) is 0 Å². The van der Waals surface area contributed by atoms with E-state index in [4.69, 9.17) is 0 Å². The van der Waals surface area contributed by atoms with Crippen molar-refractivity contribution < 1.29 is 22.7 Å². The minimum Gasteiger partial charge on any atom is -0.365 e. The predicted octanol–water partition coefficient (Wildman–Crippen LogP) is 0.796. The Kier molecular flexibility index (Phi) is 2.27. The summed E-state index contributed by atoms with van der Waals surface area (Å²) in [7, 11) is 1.00. The van der Waals surface area contributed by atoms with Crippen LogP contribution >= 0.6 is 0 Å². The Bertz CT molecular complexity index is 220. The highest BCUT2D eigenvalue weighted by molar-refractivity contribution is 5.74. The standard InChI is InChI=1S/C7H10F3NO2/c1-5(12)11-3-6(4-11,13-2)7(8,9)10/h3-4H2,1-2H3. The van der Waals surface area contributed by atoms with Gasteiger partial charge in [0.25, 0.3) is 0 Å². The number of amides is 1. The molecule has 1 rings (SSSR count). The third-order valence-corrected chi connectivity index (χ3v) is 2.25. The predicted molar refractivity (Wildman–Crippen MR) is 38.0 cm³/mol. The number of rotatable bonds is 1. The summed E-state index contributed by atoms with van der Waals surface area (Å²) in [6, 6.07) is 0. The molecule has 0 spiro atoms. The van der Waals surface area contributed by atoms with Gasteiger partial charge in [0.1, 0.15) is 0 Å². The van der Waals surface area contributed by atoms with E-state index in [1.807, 2.05) is 0 Å². The topological polar surface area (TPSA) is 29.5 Å². The largest absolute Gasteiger partial charge is 0.420 e. The van der Waals surface area contributed by atoms with Crippen molar-refractivity contribution in [2.75, 3.05) is 20.2 Å². The van der Waals surface area contributed by atoms with Gasteiger partial charge in [0.2, 0.25) is 5.91 Å². The molecule has 1 aliphatic heterocycles. The van der Waals surface area contributed by atoms with Crippen molar-refractivity contribution in [2.24, 2.45) is 0 Å². The van der Waals surface area contributed by atoms with E-state index >= 15 is 0 Å². The van der Waals surface area contributed by atoms with Gasteiger partial charge in [-0.2, -0.15) is 13.2 Å². The van der Waals surface area contributed by atoms with E-state index in [0.29, 0.717) is 0 Å². The highest BCUT2D eigenvalue weighted by atomic mass is 19.4. The van der Waals surface area contributed by atoms with Gasteiger partial charge in [0, 0.05) is 14.0 Å². The molecule has 0 radical (unpaired) electrons. The van der Waals surface area contributed by atoms with Crippen LogP contribution in [0.4, 0.5) is 13.2 Å². The third-order valence-electron chi connectivity index (χ3n) is 2.25. The molecule has 1 heterocycles. The van der Waals surface area contributed by atoms with E-state index in [1.54, 1.807) is 0 Å². The minimum atomic E-state index is -4.41. The molecule has 1 aliphatic rings. The Balaban J connectivity index is 2.66. The molecule has 0 aromatic carbocycles. The number of carbonyl (C=O) groups excluding carboxylic acids is 1. The second-order valence-corrected chi connectivity index (χ2v) is 3.07. The van der Waals surface area contributed by atoms with Crippen LogP contribution in [0.3, 0.4) is 0 Å². The van der Waals surface area contributed by atoms with E-state index in [9.17, 15) is 18.0 Å². The number of halogens is 3. The molecule has 76 valence electrons. The number of carbonyl (C=O) groups is 1. The number of ether oxygens (including phenoxy) is 1. The van der Waals surface area contributed by atoms with Crippen LogP contribution in [0.25, 0.3) is 0 Å². The van der Waals surface area contributed by atoms with Gasteiger partial charge in [-0.1, -0.05) is 0 Å². The van der Waals surface area contributed by atoms with Gasteiger partial charge in [-0.25, -0.2) is 0 Å². The van der Waals surface area contributed by atoms with Gasteiger partial charge in [0.15, 0.2) is 5.60 Å². The molecule has 0 aliphatic carbocycles. The van der Waals surface area contributed by atoms with Gasteiger partial charge >= 0.3 is 6.18 Å². The summed E-state index contributed by atoms with van der Waals surface area (Å²) in [5, 5.41) is 0. The van der Waals surface area contributed by atoms with Gasteiger partial charge in [0.05, 0.1) is 13.1 Å². The average molecular weight is 197 g/mol. The molecule has 0 bridgehead atoms. The first-order valence-corrected chi connectivity index (χ1v) is 3.70. The lowest BCUT2D eigenvalue weighted by Gasteiger charge is -2.48. The zero-order chi connectivity index (χ0) is 10.3. The van der Waals surface area contributed by atoms with Crippen molar-refractivity contribution in [1.29, 1.82) is 0 Å². The zero-order valence-electron chi connectivity index (χ0n) is 7.31. The van der Waals surface area contributed by atoms with E-state index in [2.05, 4.69) is 4.74 Å². The van der Waals surface area contributed by atoms with Gasteiger partial charge in [-0.15, -0.1) is 0 Å². The molecule has 0 saturated carbocycles. The Morgan fingerprint density at radius 1 is 1.46 bits per heavy atom. The molecule has 13 heavy (non-hydrogen) atoms. The summed E-state index contributed by atoms with van der Waals surface area (Å²) >= 11 is 0. The van der Waals surface area contributed by atoms with E-state index < -0.39 is 24.9 Å². The Hall–Kier alpha value is -0.780. The van der Waals surface area contributed by atoms with Crippen LogP contribution in [-0.4, -0.2) is 42.8 Å². The first-order chi connectivity index (χ1) is 5.82. The fourth-order valence-corrected chi connectivity index (χ4v) is 1.22. The number of alkyl halides is 3. The third kappa shape index (κ3) is 1.50. The maximum absolute atomic E-state index is 12.3. The summed E-state index contributed by atoms with van der Waals surface area (Å²) in [6.45, 7) is 0.431. The molecule has 6 heteroatoms. The highest BCUT2D eigenvalue weighted by Gasteiger charge is 2.63. The molecule has 3 nitrogen and oxygen atoms in total. The smallest absolute Gasteiger partial charge is 0.365 e. The summed E-state index contributed by atoms with van der Waals surface area (Å²) in [4.78, 5) is 11.8. The average Bonchev–Trinajstić information content (AvgIpc) is 1.81. The van der Waals surface area contributed by atoms with E-state index in [-0.39, 0.29) is 5.91 Å². The van der Waals surface area contributed by atoms with Gasteiger partial charge in [-0.3, -0.25) is 4.79 Å². The Labute approximate surface area is 73.5 Å². The molecular weight excluding hydrogens is 187 g/mol. The van der Waals surface area contributed by atoms with Crippen molar-refractivity contribution in [3.8, 4) is 0 Å². The monoisotopic (exact) mass is 197 g/mol. The van der Waals surface area contributed by atoms with Gasteiger partial charge in [-0.05, 0) is 0 Å². The first-order valence-electron chi connectivity index (χ1n) is 3.70. The summed E-state index contributed by atoms with van der Waals surface area (Å²) in [6.07, 6.45) is -4.41. The molecular formula is C7H10F3NO2. The Morgan fingerprint density at radius 3 is 2.15 bits per heavy atom. The van der Waals surface area contributed by atoms with Crippen molar-refractivity contribution in [3.05, 3.63) is 0 Å². The molecule has 1 amide bonds. The lowest BCUT2D eigenvalue weighted by Crippen LogP contribution is -2.70. The fourth-order valence-electron chi connectivity index (χ4n) is 1.22. The molecule has 0 atom stereocenters. The number of hydrogen-bond donors (Lipinski definition) is 0. The zero-order valence-corrected chi connectivity index (χ0v) is 7.31. The van der Waals surface area contributed by atoms with Gasteiger partial charge < -0.3 is 9.64 Å². The summed E-state index contributed by atoms with van der Waals surface area (Å²) in [5.74, 6) is -0.364. The maximum atomic E-state index is 12.3. The lowest BCUT2D eigenvalue weighted by molar-refractivity contribution is -0.306. The second-order valence-electron chi connectivity index (χ2n) is 3.07. The molecule has 0 unspecified atom stereocenters. The molecule has 1 saturated heterocycles. The normalized spacial score (nSPS) is 21.2. The number of hydrogen-bond acceptors (Lipinski definition) is 2.